The van der Waals surface area contributed by atoms with E-state index in [0.29, 0.717) is 5.15 Å². The summed E-state index contributed by atoms with van der Waals surface area (Å²) in [7, 11) is 0. The Balaban J connectivity index is 2.54. The quantitative estimate of drug-likeness (QED) is 0.673. The van der Waals surface area contributed by atoms with Crippen molar-refractivity contribution in [1.29, 1.82) is 0 Å². The molecule has 4 heteroatoms. The summed E-state index contributed by atoms with van der Waals surface area (Å²) < 4.78 is 1.78. The van der Waals surface area contributed by atoms with Crippen molar-refractivity contribution in [2.45, 2.75) is 13.8 Å². The molecule has 2 aromatic rings. The molecule has 72 valence electrons. The second-order valence-corrected chi connectivity index (χ2v) is 3.54. The van der Waals surface area contributed by atoms with Gasteiger partial charge in [-0.2, -0.15) is 5.10 Å². The van der Waals surface area contributed by atoms with Crippen molar-refractivity contribution in [2.75, 3.05) is 0 Å². The van der Waals surface area contributed by atoms with Crippen molar-refractivity contribution in [1.82, 2.24) is 14.8 Å². The summed E-state index contributed by atoms with van der Waals surface area (Å²) in [6, 6.07) is 7.49. The highest BCUT2D eigenvalue weighted by Crippen LogP contribution is 2.12. The van der Waals surface area contributed by atoms with Gasteiger partial charge in [-0.05, 0) is 32.0 Å². The SMILES string of the molecule is Cc1cc(C)n(-c2cccc(Cl)n2)n1. The minimum atomic E-state index is 0.482. The topological polar surface area (TPSA) is 30.7 Å². The Bertz CT molecular complexity index is 462. The molecule has 0 radical (unpaired) electrons. The van der Waals surface area contributed by atoms with Crippen LogP contribution >= 0.6 is 11.6 Å². The molecule has 0 saturated carbocycles. The van der Waals surface area contributed by atoms with Crippen LogP contribution in [0.3, 0.4) is 0 Å². The predicted octanol–water partition coefficient (Wildman–Crippen LogP) is 2.54. The number of aromatic nitrogens is 3. The lowest BCUT2D eigenvalue weighted by molar-refractivity contribution is 0.806. The molecule has 0 aliphatic heterocycles. The number of hydrogen-bond donors (Lipinski definition) is 0. The van der Waals surface area contributed by atoms with E-state index < -0.39 is 0 Å². The molecule has 0 saturated heterocycles. The number of pyridine rings is 1. The van der Waals surface area contributed by atoms with Crippen molar-refractivity contribution in [3.8, 4) is 5.82 Å². The average Bonchev–Trinajstić information content (AvgIpc) is 2.45. The van der Waals surface area contributed by atoms with Crippen LogP contribution in [0.5, 0.6) is 0 Å². The van der Waals surface area contributed by atoms with Gasteiger partial charge in [0.15, 0.2) is 5.82 Å². The van der Waals surface area contributed by atoms with Gasteiger partial charge in [-0.15, -0.1) is 0 Å². The first-order valence-electron chi connectivity index (χ1n) is 4.33. The van der Waals surface area contributed by atoms with E-state index in [9.17, 15) is 0 Å². The zero-order chi connectivity index (χ0) is 10.1. The number of nitrogens with zero attached hydrogens (tertiary/aromatic N) is 3. The molecule has 0 atom stereocenters. The molecule has 0 fully saturated rings. The molecule has 0 amide bonds. The lowest BCUT2D eigenvalue weighted by Gasteiger charge is -2.02. The van der Waals surface area contributed by atoms with Crippen molar-refractivity contribution in [2.24, 2.45) is 0 Å². The first-order valence-corrected chi connectivity index (χ1v) is 4.71. The number of rotatable bonds is 1. The predicted molar refractivity (Wildman–Crippen MR) is 55.8 cm³/mol. The molecule has 0 spiro atoms. The first kappa shape index (κ1) is 9.21. The monoisotopic (exact) mass is 207 g/mol. The van der Waals surface area contributed by atoms with E-state index in [-0.39, 0.29) is 0 Å². The van der Waals surface area contributed by atoms with Crippen LogP contribution in [0.2, 0.25) is 5.15 Å². The van der Waals surface area contributed by atoms with Gasteiger partial charge in [0, 0.05) is 5.69 Å². The van der Waals surface area contributed by atoms with Crippen molar-refractivity contribution in [3.05, 3.63) is 40.8 Å². The molecule has 2 heterocycles. The fraction of sp³-hybridized carbons (Fsp3) is 0.200. The fourth-order valence-electron chi connectivity index (χ4n) is 1.38. The van der Waals surface area contributed by atoms with Gasteiger partial charge in [-0.25, -0.2) is 9.67 Å². The summed E-state index contributed by atoms with van der Waals surface area (Å²) in [5.74, 6) is 0.753. The van der Waals surface area contributed by atoms with Crippen LogP contribution in [0.4, 0.5) is 0 Å². The van der Waals surface area contributed by atoms with Gasteiger partial charge >= 0.3 is 0 Å². The maximum absolute atomic E-state index is 5.80. The normalized spacial score (nSPS) is 10.5. The maximum atomic E-state index is 5.80. The molecule has 0 N–H and O–H groups in total. The fourth-order valence-corrected chi connectivity index (χ4v) is 1.54. The van der Waals surface area contributed by atoms with Gasteiger partial charge in [0.05, 0.1) is 5.69 Å². The Labute approximate surface area is 87.3 Å². The molecule has 0 unspecified atom stereocenters. The van der Waals surface area contributed by atoms with Gasteiger partial charge < -0.3 is 0 Å². The Morgan fingerprint density at radius 2 is 2.07 bits per heavy atom. The lowest BCUT2D eigenvalue weighted by Crippen LogP contribution is -2.01. The molecule has 0 aromatic carbocycles. The van der Waals surface area contributed by atoms with Crippen LogP contribution in [-0.4, -0.2) is 14.8 Å². The van der Waals surface area contributed by atoms with Gasteiger partial charge in [0.2, 0.25) is 0 Å². The average molecular weight is 208 g/mol. The molecule has 0 aliphatic rings. The Morgan fingerprint density at radius 1 is 1.29 bits per heavy atom. The molecule has 0 bridgehead atoms. The number of aryl methyl sites for hydroxylation is 2. The van der Waals surface area contributed by atoms with E-state index in [1.807, 2.05) is 32.0 Å². The van der Waals surface area contributed by atoms with Crippen LogP contribution < -0.4 is 0 Å². The second kappa shape index (κ2) is 3.42. The van der Waals surface area contributed by atoms with E-state index in [2.05, 4.69) is 10.1 Å². The summed E-state index contributed by atoms with van der Waals surface area (Å²) >= 11 is 5.80. The smallest absolute Gasteiger partial charge is 0.155 e. The second-order valence-electron chi connectivity index (χ2n) is 3.16. The molecule has 2 aromatic heterocycles. The van der Waals surface area contributed by atoms with Crippen LogP contribution in [0, 0.1) is 13.8 Å². The van der Waals surface area contributed by atoms with Crippen molar-refractivity contribution >= 4 is 11.6 Å². The number of halogens is 1. The van der Waals surface area contributed by atoms with E-state index >= 15 is 0 Å². The molecule has 14 heavy (non-hydrogen) atoms. The minimum Gasteiger partial charge on any atom is -0.219 e. The largest absolute Gasteiger partial charge is 0.219 e. The first-order chi connectivity index (χ1) is 6.66. The summed E-state index contributed by atoms with van der Waals surface area (Å²) in [5.41, 5.74) is 2.03. The highest BCUT2D eigenvalue weighted by Gasteiger charge is 2.04. The highest BCUT2D eigenvalue weighted by atomic mass is 35.5. The van der Waals surface area contributed by atoms with E-state index in [1.54, 1.807) is 10.7 Å². The van der Waals surface area contributed by atoms with E-state index in [0.717, 1.165) is 17.2 Å². The summed E-state index contributed by atoms with van der Waals surface area (Å²) in [6.07, 6.45) is 0. The van der Waals surface area contributed by atoms with Gasteiger partial charge in [0.25, 0.3) is 0 Å². The summed E-state index contributed by atoms with van der Waals surface area (Å²) in [5, 5.41) is 4.80. The molecule has 3 nitrogen and oxygen atoms in total. The maximum Gasteiger partial charge on any atom is 0.155 e. The minimum absolute atomic E-state index is 0.482. The van der Waals surface area contributed by atoms with Gasteiger partial charge in [-0.1, -0.05) is 17.7 Å². The zero-order valence-electron chi connectivity index (χ0n) is 8.03. The molecular formula is C10H10ClN3. The third kappa shape index (κ3) is 1.63. The molecule has 0 aliphatic carbocycles. The molecule has 2 rings (SSSR count). The summed E-state index contributed by atoms with van der Waals surface area (Å²) in [4.78, 5) is 4.18. The number of hydrogen-bond acceptors (Lipinski definition) is 2. The van der Waals surface area contributed by atoms with Crippen LogP contribution in [-0.2, 0) is 0 Å². The third-order valence-electron chi connectivity index (χ3n) is 1.93. The highest BCUT2D eigenvalue weighted by molar-refractivity contribution is 6.29. The third-order valence-corrected chi connectivity index (χ3v) is 2.14. The Morgan fingerprint density at radius 3 is 2.64 bits per heavy atom. The molecular weight excluding hydrogens is 198 g/mol. The van der Waals surface area contributed by atoms with Gasteiger partial charge in [0.1, 0.15) is 5.15 Å². The van der Waals surface area contributed by atoms with E-state index in [1.165, 1.54) is 0 Å². The van der Waals surface area contributed by atoms with E-state index in [4.69, 9.17) is 11.6 Å². The van der Waals surface area contributed by atoms with Crippen molar-refractivity contribution < 1.29 is 0 Å². The Hall–Kier alpha value is -1.35. The van der Waals surface area contributed by atoms with Gasteiger partial charge in [-0.3, -0.25) is 0 Å². The Kier molecular flexibility index (Phi) is 2.25. The van der Waals surface area contributed by atoms with Crippen LogP contribution in [0.1, 0.15) is 11.4 Å². The van der Waals surface area contributed by atoms with Crippen LogP contribution in [0.15, 0.2) is 24.3 Å². The zero-order valence-corrected chi connectivity index (χ0v) is 8.78. The van der Waals surface area contributed by atoms with Crippen molar-refractivity contribution in [3.63, 3.8) is 0 Å². The summed E-state index contributed by atoms with van der Waals surface area (Å²) in [6.45, 7) is 3.94. The standard InChI is InChI=1S/C10H10ClN3/c1-7-6-8(2)14(13-7)10-5-3-4-9(11)12-10/h3-6H,1-2H3. The lowest BCUT2D eigenvalue weighted by atomic mass is 10.4. The van der Waals surface area contributed by atoms with Crippen LogP contribution in [0.25, 0.3) is 5.82 Å².